The van der Waals surface area contributed by atoms with Crippen molar-refractivity contribution in [1.29, 1.82) is 0 Å². The number of Topliss-reactive ketones (excluding diaryl/α,β-unsaturated/α-hetero) is 1. The molecule has 0 N–H and O–H groups in total. The van der Waals surface area contributed by atoms with Gasteiger partial charge < -0.3 is 9.47 Å². The molecule has 0 fully saturated rings. The molecule has 120 valence electrons. The second-order valence-corrected chi connectivity index (χ2v) is 4.84. The van der Waals surface area contributed by atoms with Crippen molar-refractivity contribution in [3.8, 4) is 11.5 Å². The number of hydrogen-bond acceptors (Lipinski definition) is 5. The van der Waals surface area contributed by atoms with Crippen molar-refractivity contribution in [2.24, 2.45) is 0 Å². The normalized spacial score (nSPS) is 10.2. The van der Waals surface area contributed by atoms with E-state index in [0.717, 1.165) is 5.56 Å². The summed E-state index contributed by atoms with van der Waals surface area (Å²) in [5.41, 5.74) is 0.641. The van der Waals surface area contributed by atoms with Crippen LogP contribution in [-0.2, 0) is 6.61 Å². The largest absolute Gasteiger partial charge is 0.490 e. The van der Waals surface area contributed by atoms with Crippen LogP contribution in [0, 0.1) is 10.1 Å². The second kappa shape index (κ2) is 7.40. The fourth-order valence-corrected chi connectivity index (χ4v) is 2.10. The third-order valence-corrected chi connectivity index (χ3v) is 3.18. The molecular weight excluding hydrogens is 298 g/mol. The van der Waals surface area contributed by atoms with Gasteiger partial charge in [0.1, 0.15) is 6.61 Å². The molecule has 0 heterocycles. The number of ketones is 1. The van der Waals surface area contributed by atoms with Crippen molar-refractivity contribution in [3.05, 3.63) is 63.7 Å². The lowest BCUT2D eigenvalue weighted by atomic mass is 10.1. The molecule has 0 amide bonds. The smallest absolute Gasteiger partial charge is 0.284 e. The number of carbonyl (C=O) groups excluding carboxylic acids is 1. The third kappa shape index (κ3) is 4.06. The lowest BCUT2D eigenvalue weighted by Gasteiger charge is -2.13. The molecular formula is C17H17NO5. The zero-order valence-corrected chi connectivity index (χ0v) is 12.9. The second-order valence-electron chi connectivity index (χ2n) is 4.84. The van der Waals surface area contributed by atoms with Crippen LogP contribution in [0.25, 0.3) is 0 Å². The molecule has 2 rings (SSSR count). The Labute approximate surface area is 133 Å². The summed E-state index contributed by atoms with van der Waals surface area (Å²) in [7, 11) is 0. The summed E-state index contributed by atoms with van der Waals surface area (Å²) in [4.78, 5) is 22.2. The summed E-state index contributed by atoms with van der Waals surface area (Å²) in [6.07, 6.45) is 0. The molecule has 0 unspecified atom stereocenters. The van der Waals surface area contributed by atoms with Gasteiger partial charge >= 0.3 is 0 Å². The molecule has 0 aliphatic rings. The Balaban J connectivity index is 2.37. The molecule has 0 aromatic heterocycles. The van der Waals surface area contributed by atoms with Gasteiger partial charge in [0.2, 0.25) is 0 Å². The van der Waals surface area contributed by atoms with Gasteiger partial charge in [0, 0.05) is 6.07 Å². The first-order valence-electron chi connectivity index (χ1n) is 7.15. The van der Waals surface area contributed by atoms with Gasteiger partial charge in [0.05, 0.1) is 23.2 Å². The number of ether oxygens (including phenoxy) is 2. The van der Waals surface area contributed by atoms with Crippen LogP contribution in [0.15, 0.2) is 42.5 Å². The van der Waals surface area contributed by atoms with Crippen LogP contribution in [0.2, 0.25) is 0 Å². The first-order chi connectivity index (χ1) is 11.0. The highest BCUT2D eigenvalue weighted by atomic mass is 16.6. The lowest BCUT2D eigenvalue weighted by Crippen LogP contribution is -2.05. The highest BCUT2D eigenvalue weighted by molar-refractivity contribution is 5.98. The lowest BCUT2D eigenvalue weighted by molar-refractivity contribution is -0.385. The van der Waals surface area contributed by atoms with Crippen molar-refractivity contribution in [1.82, 2.24) is 0 Å². The van der Waals surface area contributed by atoms with E-state index in [1.807, 2.05) is 30.3 Å². The maximum absolute atomic E-state index is 11.6. The predicted molar refractivity (Wildman–Crippen MR) is 85.0 cm³/mol. The molecule has 0 aliphatic carbocycles. The molecule has 23 heavy (non-hydrogen) atoms. The first-order valence-corrected chi connectivity index (χ1v) is 7.15. The average molecular weight is 315 g/mol. The van der Waals surface area contributed by atoms with Crippen LogP contribution in [-0.4, -0.2) is 17.3 Å². The van der Waals surface area contributed by atoms with Gasteiger partial charge in [-0.15, -0.1) is 0 Å². The highest BCUT2D eigenvalue weighted by Gasteiger charge is 2.22. The minimum Gasteiger partial charge on any atom is -0.490 e. The van der Waals surface area contributed by atoms with E-state index in [9.17, 15) is 14.9 Å². The molecule has 0 aliphatic heterocycles. The fraction of sp³-hybridized carbons (Fsp3) is 0.235. The van der Waals surface area contributed by atoms with Crippen molar-refractivity contribution < 1.29 is 19.2 Å². The van der Waals surface area contributed by atoms with E-state index in [4.69, 9.17) is 9.47 Å². The van der Waals surface area contributed by atoms with Crippen LogP contribution in [0.1, 0.15) is 29.8 Å². The molecule has 0 saturated heterocycles. The summed E-state index contributed by atoms with van der Waals surface area (Å²) in [6.45, 7) is 3.67. The number of nitro benzene ring substituents is 1. The van der Waals surface area contributed by atoms with Crippen molar-refractivity contribution in [3.63, 3.8) is 0 Å². The Bertz CT molecular complexity index is 712. The van der Waals surface area contributed by atoms with Gasteiger partial charge in [-0.05, 0) is 19.4 Å². The van der Waals surface area contributed by atoms with E-state index in [2.05, 4.69) is 0 Å². The van der Waals surface area contributed by atoms with Crippen LogP contribution in [0.4, 0.5) is 5.69 Å². The molecule has 2 aromatic rings. The van der Waals surface area contributed by atoms with Gasteiger partial charge in [-0.2, -0.15) is 0 Å². The number of nitro groups is 1. The van der Waals surface area contributed by atoms with Crippen LogP contribution in [0.3, 0.4) is 0 Å². The number of hydrogen-bond donors (Lipinski definition) is 0. The zero-order valence-electron chi connectivity index (χ0n) is 12.9. The van der Waals surface area contributed by atoms with Gasteiger partial charge in [-0.1, -0.05) is 30.3 Å². The Morgan fingerprint density at radius 2 is 1.78 bits per heavy atom. The summed E-state index contributed by atoms with van der Waals surface area (Å²) in [6, 6.07) is 12.0. The maximum atomic E-state index is 11.6. The number of carbonyl (C=O) groups is 1. The molecule has 0 spiro atoms. The zero-order chi connectivity index (χ0) is 16.8. The van der Waals surface area contributed by atoms with E-state index in [1.54, 1.807) is 6.92 Å². The van der Waals surface area contributed by atoms with Gasteiger partial charge in [-0.25, -0.2) is 0 Å². The van der Waals surface area contributed by atoms with E-state index in [0.29, 0.717) is 12.4 Å². The highest BCUT2D eigenvalue weighted by Crippen LogP contribution is 2.35. The molecule has 0 radical (unpaired) electrons. The Morgan fingerprint density at radius 1 is 1.13 bits per heavy atom. The van der Waals surface area contributed by atoms with Crippen LogP contribution < -0.4 is 9.47 Å². The number of nitrogens with zero attached hydrogens (tertiary/aromatic N) is 1. The summed E-state index contributed by atoms with van der Waals surface area (Å²) in [5, 5.41) is 11.2. The topological polar surface area (TPSA) is 78.7 Å². The minimum absolute atomic E-state index is 0.00510. The van der Waals surface area contributed by atoms with E-state index >= 15 is 0 Å². The van der Waals surface area contributed by atoms with Gasteiger partial charge in [0.15, 0.2) is 17.3 Å². The van der Waals surface area contributed by atoms with E-state index in [-0.39, 0.29) is 23.6 Å². The van der Waals surface area contributed by atoms with Crippen molar-refractivity contribution >= 4 is 11.5 Å². The number of rotatable bonds is 7. The SMILES string of the molecule is CCOc1cc(C(C)=O)c([N+](=O)[O-])cc1OCc1ccccc1. The van der Waals surface area contributed by atoms with Gasteiger partial charge in [0.25, 0.3) is 5.69 Å². The van der Waals surface area contributed by atoms with Gasteiger partial charge in [-0.3, -0.25) is 14.9 Å². The molecule has 6 heteroatoms. The maximum Gasteiger partial charge on any atom is 0.284 e. The molecule has 0 bridgehead atoms. The monoisotopic (exact) mass is 315 g/mol. The fourth-order valence-electron chi connectivity index (χ4n) is 2.10. The quantitative estimate of drug-likeness (QED) is 0.441. The molecule has 0 atom stereocenters. The molecule has 0 saturated carbocycles. The minimum atomic E-state index is -0.595. The Kier molecular flexibility index (Phi) is 5.30. The standard InChI is InChI=1S/C17H17NO5/c1-3-22-16-9-14(12(2)19)15(18(20)21)10-17(16)23-11-13-7-5-4-6-8-13/h4-10H,3,11H2,1-2H3. The Morgan fingerprint density at radius 3 is 2.35 bits per heavy atom. The Hall–Kier alpha value is -2.89. The van der Waals surface area contributed by atoms with Crippen molar-refractivity contribution in [2.75, 3.05) is 6.61 Å². The summed E-state index contributed by atoms with van der Waals surface area (Å²) in [5.74, 6) is 0.166. The molecule has 2 aromatic carbocycles. The van der Waals surface area contributed by atoms with E-state index < -0.39 is 10.7 Å². The van der Waals surface area contributed by atoms with Crippen molar-refractivity contribution in [2.45, 2.75) is 20.5 Å². The van der Waals surface area contributed by atoms with E-state index in [1.165, 1.54) is 19.1 Å². The summed E-state index contributed by atoms with van der Waals surface area (Å²) < 4.78 is 11.1. The molecule has 6 nitrogen and oxygen atoms in total. The van der Waals surface area contributed by atoms with Crippen LogP contribution in [0.5, 0.6) is 11.5 Å². The summed E-state index contributed by atoms with van der Waals surface area (Å²) >= 11 is 0. The first kappa shape index (κ1) is 16.5. The average Bonchev–Trinajstić information content (AvgIpc) is 2.54. The van der Waals surface area contributed by atoms with Crippen LogP contribution >= 0.6 is 0 Å². The third-order valence-electron chi connectivity index (χ3n) is 3.18. The predicted octanol–water partition coefficient (Wildman–Crippen LogP) is 3.78. The number of benzene rings is 2.